The van der Waals surface area contributed by atoms with E-state index < -0.39 is 26.6 Å². The van der Waals surface area contributed by atoms with Crippen LogP contribution in [0.15, 0.2) is 23.1 Å². The molecule has 0 saturated carbocycles. The molecule has 0 atom stereocenters. The van der Waals surface area contributed by atoms with Gasteiger partial charge in [0.05, 0.1) is 4.90 Å². The van der Waals surface area contributed by atoms with Crippen LogP contribution in [0.4, 0.5) is 4.39 Å². The summed E-state index contributed by atoms with van der Waals surface area (Å²) in [6.07, 6.45) is 0. The number of rotatable bonds is 1. The Hall–Kier alpha value is -0.140. The number of phenols is 1. The SMILES string of the molecule is O=S(=O)([O-])c1cc(F)ccc1O.[Na+]. The van der Waals surface area contributed by atoms with Gasteiger partial charge in [0.25, 0.3) is 0 Å². The molecule has 7 heteroatoms. The average Bonchev–Trinajstić information content (AvgIpc) is 1.92. The second kappa shape index (κ2) is 4.39. The molecule has 0 aliphatic rings. The Bertz CT molecular complexity index is 403. The first kappa shape index (κ1) is 12.9. The van der Waals surface area contributed by atoms with Crippen LogP contribution < -0.4 is 29.6 Å². The van der Waals surface area contributed by atoms with Gasteiger partial charge in [-0.1, -0.05) is 0 Å². The van der Waals surface area contributed by atoms with Crippen molar-refractivity contribution >= 4 is 10.1 Å². The Balaban J connectivity index is 0.00000144. The van der Waals surface area contributed by atoms with Gasteiger partial charge in [0, 0.05) is 0 Å². The topological polar surface area (TPSA) is 77.4 Å². The zero-order chi connectivity index (χ0) is 9.35. The molecule has 0 unspecified atom stereocenters. The van der Waals surface area contributed by atoms with Gasteiger partial charge in [0.1, 0.15) is 21.7 Å². The van der Waals surface area contributed by atoms with Crippen molar-refractivity contribution in [3.8, 4) is 5.75 Å². The number of benzene rings is 1. The van der Waals surface area contributed by atoms with E-state index in [4.69, 9.17) is 5.11 Å². The maximum atomic E-state index is 12.4. The van der Waals surface area contributed by atoms with Gasteiger partial charge in [0.15, 0.2) is 0 Å². The van der Waals surface area contributed by atoms with Crippen LogP contribution in [0.3, 0.4) is 0 Å². The van der Waals surface area contributed by atoms with E-state index in [1.54, 1.807) is 0 Å². The number of aromatic hydroxyl groups is 1. The summed E-state index contributed by atoms with van der Waals surface area (Å²) in [6, 6.07) is 2.13. The fraction of sp³-hybridized carbons (Fsp3) is 0. The van der Waals surface area contributed by atoms with Crippen LogP contribution >= 0.6 is 0 Å². The van der Waals surface area contributed by atoms with Gasteiger partial charge in [0.2, 0.25) is 0 Å². The largest absolute Gasteiger partial charge is 1.00 e. The van der Waals surface area contributed by atoms with Gasteiger partial charge in [-0.05, 0) is 18.2 Å². The molecule has 13 heavy (non-hydrogen) atoms. The predicted molar refractivity (Wildman–Crippen MR) is 36.0 cm³/mol. The molecule has 0 aromatic heterocycles. The molecule has 0 amide bonds. The maximum absolute atomic E-state index is 12.4. The zero-order valence-corrected chi connectivity index (χ0v) is 9.51. The second-order valence-corrected chi connectivity index (χ2v) is 3.41. The third-order valence-corrected chi connectivity index (χ3v) is 2.06. The van der Waals surface area contributed by atoms with Crippen molar-refractivity contribution in [3.63, 3.8) is 0 Å². The fourth-order valence-corrected chi connectivity index (χ4v) is 1.27. The van der Waals surface area contributed by atoms with Crippen molar-refractivity contribution in [1.29, 1.82) is 0 Å². The minimum atomic E-state index is -4.80. The summed E-state index contributed by atoms with van der Waals surface area (Å²) < 4.78 is 43.3. The minimum absolute atomic E-state index is 0. The van der Waals surface area contributed by atoms with E-state index in [2.05, 4.69) is 0 Å². The summed E-state index contributed by atoms with van der Waals surface area (Å²) in [7, 11) is -4.80. The molecule has 0 radical (unpaired) electrons. The van der Waals surface area contributed by atoms with E-state index in [9.17, 15) is 17.4 Å². The van der Waals surface area contributed by atoms with E-state index in [1.807, 2.05) is 0 Å². The quantitative estimate of drug-likeness (QED) is 0.412. The van der Waals surface area contributed by atoms with Gasteiger partial charge in [-0.25, -0.2) is 12.8 Å². The molecule has 0 aliphatic carbocycles. The number of hydrogen-bond donors (Lipinski definition) is 1. The Morgan fingerprint density at radius 1 is 1.38 bits per heavy atom. The fourth-order valence-electron chi connectivity index (χ4n) is 0.688. The molecule has 1 N–H and O–H groups in total. The first-order valence-corrected chi connectivity index (χ1v) is 4.26. The number of phenolic OH excluding ortho intramolecular Hbond substituents is 1. The summed E-state index contributed by atoms with van der Waals surface area (Å²) in [6.45, 7) is 0. The summed E-state index contributed by atoms with van der Waals surface area (Å²) in [5, 5.41) is 8.82. The molecule has 0 spiro atoms. The third kappa shape index (κ3) is 3.24. The van der Waals surface area contributed by atoms with Gasteiger partial charge in [-0.15, -0.1) is 0 Å². The summed E-state index contributed by atoms with van der Waals surface area (Å²) in [4.78, 5) is -0.942. The van der Waals surface area contributed by atoms with E-state index in [-0.39, 0.29) is 29.6 Å². The van der Waals surface area contributed by atoms with Gasteiger partial charge in [-0.3, -0.25) is 0 Å². The normalized spacial score (nSPS) is 10.6. The Morgan fingerprint density at radius 3 is 2.31 bits per heavy atom. The zero-order valence-electron chi connectivity index (χ0n) is 6.69. The van der Waals surface area contributed by atoms with Crippen molar-refractivity contribution < 1.29 is 52.0 Å². The maximum Gasteiger partial charge on any atom is 1.00 e. The average molecular weight is 214 g/mol. The first-order chi connectivity index (χ1) is 5.41. The molecular formula is C6H4FNaO4S. The molecule has 1 aromatic rings. The van der Waals surface area contributed by atoms with E-state index >= 15 is 0 Å². The van der Waals surface area contributed by atoms with Crippen LogP contribution in [-0.4, -0.2) is 18.1 Å². The number of hydrogen-bond acceptors (Lipinski definition) is 4. The first-order valence-electron chi connectivity index (χ1n) is 2.85. The van der Waals surface area contributed by atoms with Crippen molar-refractivity contribution in [1.82, 2.24) is 0 Å². The van der Waals surface area contributed by atoms with Crippen LogP contribution in [0.5, 0.6) is 5.75 Å². The van der Waals surface area contributed by atoms with Crippen molar-refractivity contribution in [2.45, 2.75) is 4.90 Å². The molecule has 0 saturated heterocycles. The molecule has 4 nitrogen and oxygen atoms in total. The van der Waals surface area contributed by atoms with Crippen molar-refractivity contribution in [3.05, 3.63) is 24.0 Å². The van der Waals surface area contributed by atoms with Crippen LogP contribution in [0, 0.1) is 5.82 Å². The molecule has 1 aromatic carbocycles. The summed E-state index contributed by atoms with van der Waals surface area (Å²) in [5.41, 5.74) is 0. The Kier molecular flexibility index (Phi) is 4.34. The van der Waals surface area contributed by atoms with Crippen LogP contribution in [0.2, 0.25) is 0 Å². The molecule has 0 fully saturated rings. The van der Waals surface area contributed by atoms with Crippen LogP contribution in [0.1, 0.15) is 0 Å². The van der Waals surface area contributed by atoms with E-state index in [1.165, 1.54) is 0 Å². The van der Waals surface area contributed by atoms with Crippen LogP contribution in [-0.2, 0) is 10.1 Å². The molecule has 1 rings (SSSR count). The monoisotopic (exact) mass is 214 g/mol. The van der Waals surface area contributed by atoms with Crippen molar-refractivity contribution in [2.24, 2.45) is 0 Å². The van der Waals surface area contributed by atoms with Crippen LogP contribution in [0.25, 0.3) is 0 Å². The Labute approximate surface area is 96.4 Å². The van der Waals surface area contributed by atoms with Gasteiger partial charge >= 0.3 is 29.6 Å². The van der Waals surface area contributed by atoms with E-state index in [0.717, 1.165) is 12.1 Å². The standard InChI is InChI=1S/C6H5FO4S.Na/c7-4-1-2-5(8)6(3-4)12(9,10)11;/h1-3,8H,(H,9,10,11);/q;+1/p-1. The predicted octanol–water partition coefficient (Wildman–Crippen LogP) is -2.56. The number of halogens is 1. The Morgan fingerprint density at radius 2 is 1.92 bits per heavy atom. The van der Waals surface area contributed by atoms with Crippen molar-refractivity contribution in [2.75, 3.05) is 0 Å². The smallest absolute Gasteiger partial charge is 0.744 e. The molecule has 0 aliphatic heterocycles. The molecular weight excluding hydrogens is 210 g/mol. The van der Waals surface area contributed by atoms with E-state index in [0.29, 0.717) is 6.07 Å². The molecule has 0 heterocycles. The van der Waals surface area contributed by atoms with Gasteiger partial charge in [-0.2, -0.15) is 0 Å². The van der Waals surface area contributed by atoms with Gasteiger partial charge < -0.3 is 9.66 Å². The summed E-state index contributed by atoms with van der Waals surface area (Å²) in [5.74, 6) is -1.63. The second-order valence-electron chi connectivity index (χ2n) is 2.07. The minimum Gasteiger partial charge on any atom is -0.744 e. The molecule has 66 valence electrons. The molecule has 0 bridgehead atoms. The summed E-state index contributed by atoms with van der Waals surface area (Å²) >= 11 is 0. The third-order valence-electron chi connectivity index (χ3n) is 1.19.